The van der Waals surface area contributed by atoms with Crippen LogP contribution in [0.2, 0.25) is 0 Å². The summed E-state index contributed by atoms with van der Waals surface area (Å²) in [6, 6.07) is 3.74. The molecule has 1 unspecified atom stereocenters. The van der Waals surface area contributed by atoms with Crippen LogP contribution in [0.1, 0.15) is 12.2 Å². The topological polar surface area (TPSA) is 84.5 Å². The summed E-state index contributed by atoms with van der Waals surface area (Å²) in [5, 5.41) is 13.6. The second kappa shape index (κ2) is 6.19. The van der Waals surface area contributed by atoms with Gasteiger partial charge in [0.25, 0.3) is 5.89 Å². The number of aliphatic hydroxyl groups is 1. The number of hydrogen-bond donors (Lipinski definition) is 1. The Hall–Kier alpha value is -1.99. The molecular formula is C14H18N4O3. The second-order valence-electron chi connectivity index (χ2n) is 5.02. The van der Waals surface area contributed by atoms with Gasteiger partial charge in [-0.1, -0.05) is 5.16 Å². The minimum atomic E-state index is -0.306. The summed E-state index contributed by atoms with van der Waals surface area (Å²) in [6.07, 6.45) is 2.78. The molecule has 7 heteroatoms. The van der Waals surface area contributed by atoms with Gasteiger partial charge in [-0.3, -0.25) is 0 Å². The van der Waals surface area contributed by atoms with E-state index < -0.39 is 0 Å². The molecule has 1 saturated heterocycles. The van der Waals surface area contributed by atoms with E-state index in [2.05, 4.69) is 15.1 Å². The molecule has 0 amide bonds. The highest BCUT2D eigenvalue weighted by molar-refractivity contribution is 5.70. The molecule has 0 aromatic carbocycles. The summed E-state index contributed by atoms with van der Waals surface area (Å²) < 4.78 is 10.3. The molecule has 2 aromatic rings. The van der Waals surface area contributed by atoms with Crippen LogP contribution < -0.4 is 4.90 Å². The standard InChI is InChI=1S/C14H18N4O3/c1-20-8-5-12-16-14(21-17-12)11-3-2-6-15-13(11)18-7-4-10(19)9-18/h2-3,6,10,19H,4-5,7-9H2,1H3. The van der Waals surface area contributed by atoms with E-state index in [1.165, 1.54) is 0 Å². The molecule has 1 aliphatic rings. The van der Waals surface area contributed by atoms with Crippen molar-refractivity contribution in [3.8, 4) is 11.5 Å². The van der Waals surface area contributed by atoms with Gasteiger partial charge in [-0.25, -0.2) is 4.98 Å². The number of β-amino-alcohol motifs (C(OH)–C–C–N with tert-alkyl or cyclic N) is 1. The number of anilines is 1. The first-order chi connectivity index (χ1) is 10.3. The Bertz CT molecular complexity index is 601. The molecule has 3 rings (SSSR count). The van der Waals surface area contributed by atoms with Gasteiger partial charge in [0.05, 0.1) is 18.3 Å². The molecule has 1 aliphatic heterocycles. The Balaban J connectivity index is 1.86. The van der Waals surface area contributed by atoms with Crippen molar-refractivity contribution in [1.82, 2.24) is 15.1 Å². The lowest BCUT2D eigenvalue weighted by Gasteiger charge is -2.18. The summed E-state index contributed by atoms with van der Waals surface area (Å²) in [4.78, 5) is 10.8. The van der Waals surface area contributed by atoms with Gasteiger partial charge in [-0.05, 0) is 18.6 Å². The largest absolute Gasteiger partial charge is 0.391 e. The van der Waals surface area contributed by atoms with Gasteiger partial charge in [0, 0.05) is 32.8 Å². The molecule has 7 nitrogen and oxygen atoms in total. The summed E-state index contributed by atoms with van der Waals surface area (Å²) in [7, 11) is 1.64. The number of rotatable bonds is 5. The molecule has 1 fully saturated rings. The first-order valence-electron chi connectivity index (χ1n) is 6.98. The van der Waals surface area contributed by atoms with Crippen LogP contribution in [0.15, 0.2) is 22.9 Å². The highest BCUT2D eigenvalue weighted by Crippen LogP contribution is 2.29. The second-order valence-corrected chi connectivity index (χ2v) is 5.02. The summed E-state index contributed by atoms with van der Waals surface area (Å²) in [5.41, 5.74) is 0.794. The van der Waals surface area contributed by atoms with Gasteiger partial charge in [-0.2, -0.15) is 4.98 Å². The lowest BCUT2D eigenvalue weighted by Crippen LogP contribution is -2.22. The van der Waals surface area contributed by atoms with E-state index in [0.717, 1.165) is 24.3 Å². The van der Waals surface area contributed by atoms with Gasteiger partial charge in [-0.15, -0.1) is 0 Å². The lowest BCUT2D eigenvalue weighted by molar-refractivity contribution is 0.198. The Labute approximate surface area is 122 Å². The van der Waals surface area contributed by atoms with E-state index in [4.69, 9.17) is 9.26 Å². The molecule has 2 aromatic heterocycles. The number of pyridine rings is 1. The van der Waals surface area contributed by atoms with Crippen molar-refractivity contribution in [1.29, 1.82) is 0 Å². The van der Waals surface area contributed by atoms with Crippen molar-refractivity contribution < 1.29 is 14.4 Å². The molecule has 0 saturated carbocycles. The van der Waals surface area contributed by atoms with Gasteiger partial charge in [0.1, 0.15) is 5.82 Å². The maximum Gasteiger partial charge on any atom is 0.261 e. The van der Waals surface area contributed by atoms with Crippen LogP contribution in [0.3, 0.4) is 0 Å². The smallest absolute Gasteiger partial charge is 0.261 e. The van der Waals surface area contributed by atoms with E-state index in [9.17, 15) is 5.11 Å². The van der Waals surface area contributed by atoms with Crippen molar-refractivity contribution in [2.75, 3.05) is 31.7 Å². The summed E-state index contributed by atoms with van der Waals surface area (Å²) in [6.45, 7) is 1.90. The van der Waals surface area contributed by atoms with Crippen LogP contribution in [-0.4, -0.2) is 53.1 Å². The fraction of sp³-hybridized carbons (Fsp3) is 0.500. The van der Waals surface area contributed by atoms with Gasteiger partial charge in [0.15, 0.2) is 5.82 Å². The molecule has 3 heterocycles. The van der Waals surface area contributed by atoms with Gasteiger partial charge >= 0.3 is 0 Å². The minimum Gasteiger partial charge on any atom is -0.391 e. The Morgan fingerprint density at radius 2 is 2.43 bits per heavy atom. The Kier molecular flexibility index (Phi) is 4.12. The zero-order valence-electron chi connectivity index (χ0n) is 11.9. The van der Waals surface area contributed by atoms with Crippen molar-refractivity contribution in [3.63, 3.8) is 0 Å². The van der Waals surface area contributed by atoms with Crippen molar-refractivity contribution in [2.24, 2.45) is 0 Å². The van der Waals surface area contributed by atoms with Crippen molar-refractivity contribution >= 4 is 5.82 Å². The third-order valence-electron chi connectivity index (χ3n) is 3.48. The van der Waals surface area contributed by atoms with Crippen LogP contribution in [0.4, 0.5) is 5.82 Å². The highest BCUT2D eigenvalue weighted by atomic mass is 16.5. The number of hydrogen-bond acceptors (Lipinski definition) is 7. The minimum absolute atomic E-state index is 0.306. The van der Waals surface area contributed by atoms with Crippen LogP contribution >= 0.6 is 0 Å². The highest BCUT2D eigenvalue weighted by Gasteiger charge is 2.25. The van der Waals surface area contributed by atoms with Crippen molar-refractivity contribution in [3.05, 3.63) is 24.2 Å². The van der Waals surface area contributed by atoms with Crippen LogP contribution in [0.25, 0.3) is 11.5 Å². The SMILES string of the molecule is COCCc1noc(-c2cccnc2N2CCC(O)C2)n1. The maximum absolute atomic E-state index is 9.69. The fourth-order valence-corrected chi connectivity index (χ4v) is 2.41. The Morgan fingerprint density at radius 1 is 1.52 bits per heavy atom. The van der Waals surface area contributed by atoms with E-state index in [-0.39, 0.29) is 6.10 Å². The zero-order chi connectivity index (χ0) is 14.7. The average molecular weight is 290 g/mol. The molecule has 0 aliphatic carbocycles. The van der Waals surface area contributed by atoms with Crippen molar-refractivity contribution in [2.45, 2.75) is 18.9 Å². The fourth-order valence-electron chi connectivity index (χ4n) is 2.41. The molecule has 1 N–H and O–H groups in total. The quantitative estimate of drug-likeness (QED) is 0.875. The lowest BCUT2D eigenvalue weighted by atomic mass is 10.2. The molecule has 1 atom stereocenters. The number of nitrogens with zero attached hydrogens (tertiary/aromatic N) is 4. The van der Waals surface area contributed by atoms with Gasteiger partial charge in [0.2, 0.25) is 0 Å². The van der Waals surface area contributed by atoms with Gasteiger partial charge < -0.3 is 19.3 Å². The number of methoxy groups -OCH3 is 1. The molecule has 21 heavy (non-hydrogen) atoms. The van der Waals surface area contributed by atoms with E-state index in [0.29, 0.717) is 31.3 Å². The summed E-state index contributed by atoms with van der Waals surface area (Å²) in [5.74, 6) is 1.84. The third-order valence-corrected chi connectivity index (χ3v) is 3.48. The van der Waals surface area contributed by atoms with Crippen LogP contribution in [-0.2, 0) is 11.2 Å². The average Bonchev–Trinajstić information content (AvgIpc) is 3.14. The number of ether oxygens (including phenoxy) is 1. The first kappa shape index (κ1) is 14.0. The monoisotopic (exact) mass is 290 g/mol. The van der Waals surface area contributed by atoms with E-state index in [1.54, 1.807) is 13.3 Å². The number of aromatic nitrogens is 3. The van der Waals surface area contributed by atoms with E-state index >= 15 is 0 Å². The molecule has 112 valence electrons. The Morgan fingerprint density at radius 3 is 3.19 bits per heavy atom. The van der Waals surface area contributed by atoms with E-state index in [1.807, 2.05) is 17.0 Å². The number of aliphatic hydroxyl groups excluding tert-OH is 1. The first-order valence-corrected chi connectivity index (χ1v) is 6.98. The molecular weight excluding hydrogens is 272 g/mol. The third kappa shape index (κ3) is 3.03. The zero-order valence-corrected chi connectivity index (χ0v) is 11.9. The van der Waals surface area contributed by atoms with Crippen LogP contribution in [0.5, 0.6) is 0 Å². The predicted molar refractivity (Wildman–Crippen MR) is 75.9 cm³/mol. The van der Waals surface area contributed by atoms with Crippen LogP contribution in [0, 0.1) is 0 Å². The molecule has 0 bridgehead atoms. The molecule has 0 radical (unpaired) electrons. The summed E-state index contributed by atoms with van der Waals surface area (Å²) >= 11 is 0. The predicted octanol–water partition coefficient (Wildman–Crippen LogP) is 0.891. The molecule has 0 spiro atoms. The normalized spacial score (nSPS) is 18.4. The maximum atomic E-state index is 9.69.